The number of anilines is 1. The van der Waals surface area contributed by atoms with Crippen molar-refractivity contribution >= 4 is 29.3 Å². The van der Waals surface area contributed by atoms with Gasteiger partial charge in [-0.15, -0.1) is 0 Å². The van der Waals surface area contributed by atoms with E-state index in [4.69, 9.17) is 9.47 Å². The molecule has 1 amide bonds. The molecule has 1 aliphatic rings. The van der Waals surface area contributed by atoms with Crippen LogP contribution in [0.15, 0.2) is 54.6 Å². The molecule has 186 valence electrons. The van der Waals surface area contributed by atoms with Crippen LogP contribution in [0.5, 0.6) is 0 Å². The van der Waals surface area contributed by atoms with Crippen molar-refractivity contribution in [2.24, 2.45) is 5.92 Å². The lowest BCUT2D eigenvalue weighted by molar-refractivity contribution is -0.147. The second-order valence-electron chi connectivity index (χ2n) is 8.93. The first kappa shape index (κ1) is 24.9. The summed E-state index contributed by atoms with van der Waals surface area (Å²) in [5.74, 6) is -2.07. The Hall–Kier alpha value is -4.20. The lowest BCUT2D eigenvalue weighted by atomic mass is 10.1. The summed E-state index contributed by atoms with van der Waals surface area (Å²) in [6, 6.07) is 16.1. The molecule has 1 atom stereocenters. The quantitative estimate of drug-likeness (QED) is 0.369. The van der Waals surface area contributed by atoms with Gasteiger partial charge in [-0.1, -0.05) is 17.7 Å². The molecule has 3 aromatic rings. The number of aromatic nitrogens is 1. The highest BCUT2D eigenvalue weighted by Crippen LogP contribution is 2.27. The highest BCUT2D eigenvalue weighted by atomic mass is 16.5. The van der Waals surface area contributed by atoms with Crippen LogP contribution in [0.2, 0.25) is 0 Å². The van der Waals surface area contributed by atoms with Crippen LogP contribution in [-0.2, 0) is 19.1 Å². The van der Waals surface area contributed by atoms with Gasteiger partial charge in [-0.25, -0.2) is 4.79 Å². The lowest BCUT2D eigenvalue weighted by Crippen LogP contribution is -2.27. The first-order chi connectivity index (χ1) is 17.2. The van der Waals surface area contributed by atoms with Crippen LogP contribution in [-0.4, -0.2) is 48.5 Å². The number of aryl methyl sites for hydroxylation is 2. The average molecular weight is 489 g/mol. The molecule has 0 saturated carbocycles. The van der Waals surface area contributed by atoms with E-state index >= 15 is 0 Å². The van der Waals surface area contributed by atoms with Crippen molar-refractivity contribution in [1.29, 1.82) is 0 Å². The molecule has 1 unspecified atom stereocenters. The molecule has 2 aromatic carbocycles. The third kappa shape index (κ3) is 4.93. The highest BCUT2D eigenvalue weighted by Gasteiger charge is 2.36. The van der Waals surface area contributed by atoms with E-state index in [1.807, 2.05) is 49.6 Å². The topological polar surface area (TPSA) is 94.9 Å². The van der Waals surface area contributed by atoms with Crippen molar-refractivity contribution < 1.29 is 28.7 Å². The number of carbonyl (C=O) groups is 4. The molecule has 2 heterocycles. The fourth-order valence-electron chi connectivity index (χ4n) is 4.48. The smallest absolute Gasteiger partial charge is 0.337 e. The number of methoxy groups -OCH3 is 1. The Bertz CT molecular complexity index is 1320. The minimum atomic E-state index is -0.618. The maximum Gasteiger partial charge on any atom is 0.337 e. The predicted molar refractivity (Wildman–Crippen MR) is 134 cm³/mol. The van der Waals surface area contributed by atoms with Crippen LogP contribution < -0.4 is 4.90 Å². The van der Waals surface area contributed by atoms with Gasteiger partial charge in [-0.05, 0) is 63.2 Å². The summed E-state index contributed by atoms with van der Waals surface area (Å²) in [7, 11) is 1.33. The minimum Gasteiger partial charge on any atom is -0.465 e. The number of benzene rings is 2. The van der Waals surface area contributed by atoms with E-state index in [2.05, 4.69) is 0 Å². The Morgan fingerprint density at radius 3 is 2.22 bits per heavy atom. The van der Waals surface area contributed by atoms with Gasteiger partial charge in [0, 0.05) is 41.3 Å². The summed E-state index contributed by atoms with van der Waals surface area (Å²) in [6.45, 7) is 5.47. The predicted octanol–water partition coefficient (Wildman–Crippen LogP) is 3.97. The Labute approximate surface area is 209 Å². The second kappa shape index (κ2) is 10.2. The normalized spacial score (nSPS) is 15.2. The maximum atomic E-state index is 12.9. The van der Waals surface area contributed by atoms with Gasteiger partial charge in [0.25, 0.3) is 0 Å². The van der Waals surface area contributed by atoms with Crippen molar-refractivity contribution in [2.75, 3.05) is 25.2 Å². The number of hydrogen-bond donors (Lipinski definition) is 0. The molecule has 4 rings (SSSR count). The van der Waals surface area contributed by atoms with Crippen LogP contribution in [0.3, 0.4) is 0 Å². The molecule has 1 saturated heterocycles. The van der Waals surface area contributed by atoms with Crippen molar-refractivity contribution in [3.63, 3.8) is 0 Å². The summed E-state index contributed by atoms with van der Waals surface area (Å²) < 4.78 is 12.0. The largest absolute Gasteiger partial charge is 0.465 e. The number of ketones is 1. The van der Waals surface area contributed by atoms with Gasteiger partial charge >= 0.3 is 11.9 Å². The monoisotopic (exact) mass is 488 g/mol. The number of ether oxygens (including phenoxy) is 2. The third-order valence-electron chi connectivity index (χ3n) is 6.43. The number of esters is 2. The van der Waals surface area contributed by atoms with E-state index in [-0.39, 0.29) is 24.7 Å². The SMILES string of the molecule is COC(=O)c1ccc(-n2c(C)cc(C(=O)COC(=O)C3CC(=O)N(c4ccc(C)cc4)C3)c2C)cc1. The molecule has 1 aliphatic heterocycles. The highest BCUT2D eigenvalue weighted by molar-refractivity contribution is 6.01. The van der Waals surface area contributed by atoms with Gasteiger partial charge in [0.1, 0.15) is 0 Å². The Kier molecular flexibility index (Phi) is 7.05. The van der Waals surface area contributed by atoms with E-state index < -0.39 is 24.5 Å². The molecular weight excluding hydrogens is 460 g/mol. The number of rotatable bonds is 7. The molecule has 1 fully saturated rings. The van der Waals surface area contributed by atoms with Crippen LogP contribution >= 0.6 is 0 Å². The van der Waals surface area contributed by atoms with Gasteiger partial charge in [0.15, 0.2) is 6.61 Å². The van der Waals surface area contributed by atoms with Crippen LogP contribution in [0.4, 0.5) is 5.69 Å². The van der Waals surface area contributed by atoms with E-state index in [0.29, 0.717) is 16.8 Å². The molecule has 0 aliphatic carbocycles. The summed E-state index contributed by atoms with van der Waals surface area (Å²) in [5, 5.41) is 0. The Morgan fingerprint density at radius 2 is 1.58 bits per heavy atom. The summed E-state index contributed by atoms with van der Waals surface area (Å²) in [6.07, 6.45) is 0.0526. The summed E-state index contributed by atoms with van der Waals surface area (Å²) in [5.41, 5.74) is 5.00. The zero-order chi connectivity index (χ0) is 26.0. The molecular formula is C28H28N2O6. The zero-order valence-electron chi connectivity index (χ0n) is 20.7. The van der Waals surface area contributed by atoms with Crippen LogP contribution in [0.1, 0.15) is 44.1 Å². The standard InChI is InChI=1S/C28H28N2O6/c1-17-5-9-22(10-6-17)29-15-21(14-26(29)32)28(34)36-16-25(31)24-13-18(2)30(19(24)3)23-11-7-20(8-12-23)27(33)35-4/h5-13,21H,14-16H2,1-4H3. The van der Waals surface area contributed by atoms with E-state index in [9.17, 15) is 19.2 Å². The molecule has 0 bridgehead atoms. The first-order valence-electron chi connectivity index (χ1n) is 11.6. The van der Waals surface area contributed by atoms with Gasteiger partial charge in [0.2, 0.25) is 11.7 Å². The zero-order valence-corrected chi connectivity index (χ0v) is 20.7. The van der Waals surface area contributed by atoms with E-state index in [1.54, 1.807) is 35.2 Å². The fraction of sp³-hybridized carbons (Fsp3) is 0.286. The molecule has 8 nitrogen and oxygen atoms in total. The van der Waals surface area contributed by atoms with Crippen molar-refractivity contribution in [1.82, 2.24) is 4.57 Å². The molecule has 36 heavy (non-hydrogen) atoms. The number of hydrogen-bond acceptors (Lipinski definition) is 6. The van der Waals surface area contributed by atoms with Crippen LogP contribution in [0, 0.1) is 26.7 Å². The number of carbonyl (C=O) groups excluding carboxylic acids is 4. The molecule has 0 spiro atoms. The molecule has 1 aromatic heterocycles. The molecule has 8 heteroatoms. The number of nitrogens with zero attached hydrogens (tertiary/aromatic N) is 2. The van der Waals surface area contributed by atoms with Gasteiger partial charge in [0.05, 0.1) is 18.6 Å². The van der Waals surface area contributed by atoms with E-state index in [1.165, 1.54) is 7.11 Å². The summed E-state index contributed by atoms with van der Waals surface area (Å²) >= 11 is 0. The fourth-order valence-corrected chi connectivity index (χ4v) is 4.48. The Morgan fingerprint density at radius 1 is 0.944 bits per heavy atom. The van der Waals surface area contributed by atoms with Crippen molar-refractivity contribution in [2.45, 2.75) is 27.2 Å². The summed E-state index contributed by atoms with van der Waals surface area (Å²) in [4.78, 5) is 51.3. The number of amides is 1. The second-order valence-corrected chi connectivity index (χ2v) is 8.93. The Balaban J connectivity index is 1.41. The van der Waals surface area contributed by atoms with Crippen LogP contribution in [0.25, 0.3) is 5.69 Å². The van der Waals surface area contributed by atoms with Crippen molar-refractivity contribution in [3.05, 3.63) is 82.7 Å². The van der Waals surface area contributed by atoms with Gasteiger partial charge < -0.3 is 18.9 Å². The lowest BCUT2D eigenvalue weighted by Gasteiger charge is -2.16. The van der Waals surface area contributed by atoms with Gasteiger partial charge in [-0.3, -0.25) is 14.4 Å². The third-order valence-corrected chi connectivity index (χ3v) is 6.43. The maximum absolute atomic E-state index is 12.9. The van der Waals surface area contributed by atoms with Gasteiger partial charge in [-0.2, -0.15) is 0 Å². The number of Topliss-reactive ketones (excluding diaryl/α,β-unsaturated/α-hetero) is 1. The van der Waals surface area contributed by atoms with E-state index in [0.717, 1.165) is 22.6 Å². The molecule has 0 radical (unpaired) electrons. The average Bonchev–Trinajstić information content (AvgIpc) is 3.41. The molecule has 0 N–H and O–H groups in total. The van der Waals surface area contributed by atoms with Crippen molar-refractivity contribution in [3.8, 4) is 5.69 Å². The minimum absolute atomic E-state index is 0.0526. The first-order valence-corrected chi connectivity index (χ1v) is 11.6.